The summed E-state index contributed by atoms with van der Waals surface area (Å²) in [4.78, 5) is 30.6. The molecule has 2 heterocycles. The smallest absolute Gasteiger partial charge is 0.229 e. The summed E-state index contributed by atoms with van der Waals surface area (Å²) < 4.78 is 0. The van der Waals surface area contributed by atoms with Gasteiger partial charge in [-0.15, -0.1) is 0 Å². The zero-order chi connectivity index (χ0) is 22.0. The average molecular weight is 438 g/mol. The zero-order valence-corrected chi connectivity index (χ0v) is 18.8. The van der Waals surface area contributed by atoms with E-state index in [0.29, 0.717) is 18.1 Å². The molecule has 0 saturated carbocycles. The minimum Gasteiger partial charge on any atom is -0.361 e. The van der Waals surface area contributed by atoms with E-state index in [-0.39, 0.29) is 24.2 Å². The number of para-hydroxylation sites is 1. The van der Waals surface area contributed by atoms with Crippen LogP contribution in [0.1, 0.15) is 37.0 Å². The van der Waals surface area contributed by atoms with Crippen molar-refractivity contribution in [3.63, 3.8) is 0 Å². The van der Waals surface area contributed by atoms with E-state index in [1.165, 1.54) is 0 Å². The molecule has 0 aliphatic carbocycles. The van der Waals surface area contributed by atoms with Gasteiger partial charge in [-0.2, -0.15) is 0 Å². The van der Waals surface area contributed by atoms with Crippen LogP contribution >= 0.6 is 11.6 Å². The van der Waals surface area contributed by atoms with Crippen molar-refractivity contribution in [1.82, 2.24) is 9.88 Å². The van der Waals surface area contributed by atoms with Crippen LogP contribution in [-0.4, -0.2) is 34.8 Å². The fourth-order valence-electron chi connectivity index (χ4n) is 4.41. The number of aromatic amines is 1. The van der Waals surface area contributed by atoms with E-state index in [9.17, 15) is 9.59 Å². The molecule has 1 atom stereocenters. The lowest BCUT2D eigenvalue weighted by molar-refractivity contribution is -0.128. The van der Waals surface area contributed by atoms with Crippen LogP contribution < -0.4 is 5.32 Å². The summed E-state index contributed by atoms with van der Waals surface area (Å²) in [6, 6.07) is 11.9. The van der Waals surface area contributed by atoms with Crippen molar-refractivity contribution >= 4 is 40.0 Å². The number of fused-ring (bicyclic) bond motifs is 1. The summed E-state index contributed by atoms with van der Waals surface area (Å²) in [6.07, 6.45) is 4.67. The number of halogens is 1. The maximum atomic E-state index is 13.0. The molecule has 2 N–H and O–H groups in total. The molecule has 1 aromatic heterocycles. The van der Waals surface area contributed by atoms with Crippen LogP contribution in [0.15, 0.2) is 42.6 Å². The highest BCUT2D eigenvalue weighted by Gasteiger charge is 2.34. The molecule has 0 spiro atoms. The zero-order valence-electron chi connectivity index (χ0n) is 18.0. The molecule has 31 heavy (non-hydrogen) atoms. The molecular weight excluding hydrogens is 410 g/mol. The minimum atomic E-state index is -0.320. The maximum absolute atomic E-state index is 13.0. The average Bonchev–Trinajstić information content (AvgIpc) is 3.35. The van der Waals surface area contributed by atoms with Gasteiger partial charge in [-0.3, -0.25) is 9.59 Å². The summed E-state index contributed by atoms with van der Waals surface area (Å²) in [5, 5.41) is 4.90. The van der Waals surface area contributed by atoms with Crippen molar-refractivity contribution in [1.29, 1.82) is 0 Å². The Balaban J connectivity index is 1.41. The van der Waals surface area contributed by atoms with Crippen LogP contribution in [0.4, 0.5) is 5.69 Å². The molecule has 1 fully saturated rings. The molecule has 1 aliphatic rings. The third kappa shape index (κ3) is 4.47. The topological polar surface area (TPSA) is 65.2 Å². The number of carbonyl (C=O) groups is 2. The number of rotatable bonds is 7. The van der Waals surface area contributed by atoms with Gasteiger partial charge >= 0.3 is 0 Å². The number of hydrogen-bond acceptors (Lipinski definition) is 2. The second kappa shape index (κ2) is 9.15. The van der Waals surface area contributed by atoms with Gasteiger partial charge < -0.3 is 15.2 Å². The van der Waals surface area contributed by atoms with E-state index >= 15 is 0 Å². The maximum Gasteiger partial charge on any atom is 0.229 e. The van der Waals surface area contributed by atoms with Gasteiger partial charge in [0.25, 0.3) is 0 Å². The van der Waals surface area contributed by atoms with Crippen LogP contribution in [0.5, 0.6) is 0 Å². The van der Waals surface area contributed by atoms with Gasteiger partial charge in [0.15, 0.2) is 0 Å². The monoisotopic (exact) mass is 437 g/mol. The summed E-state index contributed by atoms with van der Waals surface area (Å²) >= 11 is 6.14. The molecule has 162 valence electrons. The highest BCUT2D eigenvalue weighted by molar-refractivity contribution is 6.31. The summed E-state index contributed by atoms with van der Waals surface area (Å²) in [5.41, 5.74) is 5.34. The molecule has 0 bridgehead atoms. The number of amides is 2. The Morgan fingerprint density at radius 2 is 1.90 bits per heavy atom. The van der Waals surface area contributed by atoms with Crippen molar-refractivity contribution in [2.24, 2.45) is 5.92 Å². The molecule has 4 rings (SSSR count). The third-order valence-electron chi connectivity index (χ3n) is 6.21. The van der Waals surface area contributed by atoms with Crippen molar-refractivity contribution in [3.05, 3.63) is 64.3 Å². The number of anilines is 1. The van der Waals surface area contributed by atoms with E-state index in [1.54, 1.807) is 4.90 Å². The van der Waals surface area contributed by atoms with Crippen molar-refractivity contribution in [3.8, 4) is 0 Å². The summed E-state index contributed by atoms with van der Waals surface area (Å²) in [6.45, 7) is 5.23. The van der Waals surface area contributed by atoms with E-state index in [1.807, 2.05) is 42.6 Å². The number of nitrogens with zero attached hydrogens (tertiary/aromatic N) is 1. The van der Waals surface area contributed by atoms with Gasteiger partial charge in [-0.25, -0.2) is 0 Å². The number of H-pyrrole nitrogens is 1. The molecule has 6 heteroatoms. The van der Waals surface area contributed by atoms with E-state index < -0.39 is 0 Å². The number of hydrogen-bond donors (Lipinski definition) is 2. The predicted octanol–water partition coefficient (Wildman–Crippen LogP) is 4.98. The van der Waals surface area contributed by atoms with Crippen molar-refractivity contribution in [2.75, 3.05) is 18.4 Å². The Bertz CT molecular complexity index is 1100. The van der Waals surface area contributed by atoms with Gasteiger partial charge in [-0.05, 0) is 54.2 Å². The van der Waals surface area contributed by atoms with Crippen LogP contribution in [0.25, 0.3) is 10.9 Å². The molecule has 5 nitrogen and oxygen atoms in total. The Hall–Kier alpha value is -2.79. The molecule has 1 saturated heterocycles. The Morgan fingerprint density at radius 1 is 1.16 bits per heavy atom. The SMILES string of the molecule is CCc1cccc(CC)c1NC(=O)[C@H]1CC(=O)N(CCc2c[nH]c3ccc(Cl)cc23)C1. The van der Waals surface area contributed by atoms with Crippen LogP contribution in [0.2, 0.25) is 5.02 Å². The molecule has 0 radical (unpaired) electrons. The first-order valence-electron chi connectivity index (χ1n) is 10.9. The quantitative estimate of drug-likeness (QED) is 0.547. The standard InChI is InChI=1S/C25H28ClN3O2/c1-3-16-6-5-7-17(4-2)24(16)28-25(31)19-12-23(30)29(15-19)11-10-18-14-27-22-9-8-20(26)13-21(18)22/h5-9,13-14,19,27H,3-4,10-12,15H2,1-2H3,(H,28,31)/t19-/m0/s1. The molecule has 1 aliphatic heterocycles. The van der Waals surface area contributed by atoms with Gasteiger partial charge in [-0.1, -0.05) is 43.6 Å². The number of carbonyl (C=O) groups excluding carboxylic acids is 2. The minimum absolute atomic E-state index is 0.0394. The highest BCUT2D eigenvalue weighted by atomic mass is 35.5. The number of nitrogens with one attached hydrogen (secondary N) is 2. The van der Waals surface area contributed by atoms with E-state index in [0.717, 1.165) is 52.5 Å². The lowest BCUT2D eigenvalue weighted by Gasteiger charge is -2.18. The summed E-state index contributed by atoms with van der Waals surface area (Å²) in [7, 11) is 0. The molecule has 0 unspecified atom stereocenters. The van der Waals surface area contributed by atoms with Gasteiger partial charge in [0.1, 0.15) is 0 Å². The first-order chi connectivity index (χ1) is 15.0. The second-order valence-electron chi connectivity index (χ2n) is 8.14. The normalized spacial score (nSPS) is 16.3. The summed E-state index contributed by atoms with van der Waals surface area (Å²) in [5.74, 6) is -0.345. The number of likely N-dealkylation sites (tertiary alicyclic amines) is 1. The molecule has 3 aromatic rings. The molecule has 2 aromatic carbocycles. The highest BCUT2D eigenvalue weighted by Crippen LogP contribution is 2.27. The van der Waals surface area contributed by atoms with Crippen molar-refractivity contribution < 1.29 is 9.59 Å². The first-order valence-corrected chi connectivity index (χ1v) is 11.3. The van der Waals surface area contributed by atoms with Gasteiger partial charge in [0.05, 0.1) is 5.92 Å². The lowest BCUT2D eigenvalue weighted by Crippen LogP contribution is -2.30. The molecule has 2 amide bonds. The van der Waals surface area contributed by atoms with E-state index in [4.69, 9.17) is 11.6 Å². The Kier molecular flexibility index (Phi) is 6.33. The van der Waals surface area contributed by atoms with Gasteiger partial charge in [0, 0.05) is 47.3 Å². The Labute approximate surface area is 187 Å². The fraction of sp³-hybridized carbons (Fsp3) is 0.360. The van der Waals surface area contributed by atoms with Crippen LogP contribution in [-0.2, 0) is 28.9 Å². The Morgan fingerprint density at radius 3 is 2.61 bits per heavy atom. The first kappa shape index (κ1) is 21.4. The van der Waals surface area contributed by atoms with Crippen LogP contribution in [0, 0.1) is 5.92 Å². The van der Waals surface area contributed by atoms with E-state index in [2.05, 4.69) is 24.1 Å². The number of benzene rings is 2. The van der Waals surface area contributed by atoms with Crippen LogP contribution in [0.3, 0.4) is 0 Å². The van der Waals surface area contributed by atoms with Gasteiger partial charge in [0.2, 0.25) is 11.8 Å². The molecular formula is C25H28ClN3O2. The lowest BCUT2D eigenvalue weighted by atomic mass is 10.0. The van der Waals surface area contributed by atoms with Crippen molar-refractivity contribution in [2.45, 2.75) is 39.5 Å². The third-order valence-corrected chi connectivity index (χ3v) is 6.45. The number of aryl methyl sites for hydroxylation is 2. The number of aromatic nitrogens is 1. The fourth-order valence-corrected chi connectivity index (χ4v) is 4.58. The largest absolute Gasteiger partial charge is 0.361 e. The predicted molar refractivity (Wildman–Crippen MR) is 126 cm³/mol. The second-order valence-corrected chi connectivity index (χ2v) is 8.58.